The van der Waals surface area contributed by atoms with Gasteiger partial charge in [0.2, 0.25) is 5.91 Å². The van der Waals surface area contributed by atoms with Crippen LogP contribution in [0, 0.1) is 13.8 Å². The van der Waals surface area contributed by atoms with Gasteiger partial charge in [-0.25, -0.2) is 0 Å². The molecule has 0 fully saturated rings. The van der Waals surface area contributed by atoms with E-state index in [-0.39, 0.29) is 17.7 Å². The number of anilines is 2. The lowest BCUT2D eigenvalue weighted by atomic mass is 10.0. The number of amides is 3. The Morgan fingerprint density at radius 3 is 2.52 bits per heavy atom. The van der Waals surface area contributed by atoms with Gasteiger partial charge in [0.1, 0.15) is 0 Å². The number of likely N-dealkylation sites (N-methyl/N-ethyl adjacent to an activating group) is 1. The quantitative estimate of drug-likeness (QED) is 0.438. The number of benzene rings is 1. The summed E-state index contributed by atoms with van der Waals surface area (Å²) in [6.45, 7) is 13.0. The third kappa shape index (κ3) is 5.34. The number of aromatic nitrogens is 1. The first-order valence-corrected chi connectivity index (χ1v) is 11.5. The van der Waals surface area contributed by atoms with E-state index in [2.05, 4.69) is 39.7 Å². The molecule has 1 aliphatic rings. The molecule has 1 aromatic carbocycles. The molecular weight excluding hydrogens is 418 g/mol. The molecule has 1 aliphatic heterocycles. The lowest BCUT2D eigenvalue weighted by molar-refractivity contribution is -0.116. The second kappa shape index (κ2) is 10.5. The zero-order chi connectivity index (χ0) is 24.1. The van der Waals surface area contributed by atoms with E-state index in [1.54, 1.807) is 31.2 Å². The van der Waals surface area contributed by atoms with Crippen molar-refractivity contribution >= 4 is 40.7 Å². The van der Waals surface area contributed by atoms with Crippen molar-refractivity contribution in [1.29, 1.82) is 0 Å². The summed E-state index contributed by atoms with van der Waals surface area (Å²) in [5.74, 6) is -0.440. The molecule has 0 unspecified atom stereocenters. The predicted molar refractivity (Wildman–Crippen MR) is 132 cm³/mol. The molecule has 8 heteroatoms. The first-order valence-electron chi connectivity index (χ1n) is 11.5. The molecule has 1 aromatic heterocycles. The van der Waals surface area contributed by atoms with Crippen LogP contribution < -0.4 is 16.0 Å². The van der Waals surface area contributed by atoms with Gasteiger partial charge in [-0.3, -0.25) is 14.4 Å². The van der Waals surface area contributed by atoms with Crippen LogP contribution in [-0.2, 0) is 9.59 Å². The van der Waals surface area contributed by atoms with Crippen molar-refractivity contribution in [3.8, 4) is 0 Å². The molecule has 4 N–H and O–H groups in total. The Morgan fingerprint density at radius 1 is 1.12 bits per heavy atom. The van der Waals surface area contributed by atoms with Crippen LogP contribution in [0.3, 0.4) is 0 Å². The second-order valence-corrected chi connectivity index (χ2v) is 8.12. The minimum absolute atomic E-state index is 0.0924. The van der Waals surface area contributed by atoms with Crippen molar-refractivity contribution in [2.45, 2.75) is 41.0 Å². The van der Waals surface area contributed by atoms with Crippen LogP contribution in [0.15, 0.2) is 18.2 Å². The number of H-pyrrole nitrogens is 1. The molecule has 176 valence electrons. The third-order valence-corrected chi connectivity index (χ3v) is 6.01. The lowest BCUT2D eigenvalue weighted by Gasteiger charge is -2.18. The molecule has 3 amide bonds. The van der Waals surface area contributed by atoms with Crippen molar-refractivity contribution in [3.05, 3.63) is 46.3 Å². The number of nitrogens with zero attached hydrogens (tertiary/aromatic N) is 1. The zero-order valence-electron chi connectivity index (χ0n) is 20.0. The van der Waals surface area contributed by atoms with Crippen LogP contribution in [0.1, 0.15) is 60.1 Å². The number of aryl methyl sites for hydroxylation is 1. The van der Waals surface area contributed by atoms with Crippen molar-refractivity contribution in [2.75, 3.05) is 36.8 Å². The van der Waals surface area contributed by atoms with E-state index >= 15 is 0 Å². The summed E-state index contributed by atoms with van der Waals surface area (Å²) < 4.78 is 0. The fourth-order valence-electron chi connectivity index (χ4n) is 4.02. The molecule has 33 heavy (non-hydrogen) atoms. The van der Waals surface area contributed by atoms with Gasteiger partial charge in [0.15, 0.2) is 0 Å². The average Bonchev–Trinajstić information content (AvgIpc) is 3.25. The molecule has 2 aromatic rings. The summed E-state index contributed by atoms with van der Waals surface area (Å²) in [6, 6.07) is 5.33. The van der Waals surface area contributed by atoms with Crippen molar-refractivity contribution in [1.82, 2.24) is 15.2 Å². The van der Waals surface area contributed by atoms with Gasteiger partial charge in [-0.15, -0.1) is 0 Å². The maximum absolute atomic E-state index is 12.8. The zero-order valence-corrected chi connectivity index (χ0v) is 20.0. The Balaban J connectivity index is 1.85. The van der Waals surface area contributed by atoms with Crippen molar-refractivity contribution < 1.29 is 14.4 Å². The van der Waals surface area contributed by atoms with Gasteiger partial charge < -0.3 is 25.8 Å². The highest BCUT2D eigenvalue weighted by Crippen LogP contribution is 2.35. The molecule has 8 nitrogen and oxygen atoms in total. The van der Waals surface area contributed by atoms with Crippen molar-refractivity contribution in [3.63, 3.8) is 0 Å². The fourth-order valence-corrected chi connectivity index (χ4v) is 4.02. The minimum atomic E-state index is -0.221. The number of fused-ring (bicyclic) bond motifs is 1. The van der Waals surface area contributed by atoms with E-state index in [0.29, 0.717) is 46.7 Å². The van der Waals surface area contributed by atoms with E-state index in [4.69, 9.17) is 0 Å². The van der Waals surface area contributed by atoms with Crippen LogP contribution in [0.25, 0.3) is 11.6 Å². The van der Waals surface area contributed by atoms with Crippen LogP contribution in [0.5, 0.6) is 0 Å². The summed E-state index contributed by atoms with van der Waals surface area (Å²) in [6.07, 6.45) is 2.14. The highest BCUT2D eigenvalue weighted by molar-refractivity contribution is 6.35. The van der Waals surface area contributed by atoms with Crippen LogP contribution >= 0.6 is 0 Å². The third-order valence-electron chi connectivity index (χ3n) is 6.01. The van der Waals surface area contributed by atoms with Gasteiger partial charge in [0.05, 0.1) is 11.1 Å². The van der Waals surface area contributed by atoms with Gasteiger partial charge in [0, 0.05) is 47.8 Å². The Bertz CT molecular complexity index is 1100. The Kier molecular flexibility index (Phi) is 7.71. The average molecular weight is 452 g/mol. The molecule has 0 atom stereocenters. The SMILES string of the molecule is CCC(=O)Nc1ccc2c(c1)/C(=C/c1[nH]c(C)c(C(=O)NCCN(CC)CC)c1C)C(=O)N2. The van der Waals surface area contributed by atoms with Crippen LogP contribution in [0.2, 0.25) is 0 Å². The van der Waals surface area contributed by atoms with Crippen LogP contribution in [0.4, 0.5) is 11.4 Å². The first kappa shape index (κ1) is 24.3. The topological polar surface area (TPSA) is 106 Å². The Morgan fingerprint density at radius 2 is 1.85 bits per heavy atom. The molecular formula is C25H33N5O3. The highest BCUT2D eigenvalue weighted by Gasteiger charge is 2.26. The normalized spacial score (nSPS) is 13.9. The summed E-state index contributed by atoms with van der Waals surface area (Å²) in [7, 11) is 0. The number of nitrogens with one attached hydrogen (secondary N) is 4. The highest BCUT2D eigenvalue weighted by atomic mass is 16.2. The Hall–Kier alpha value is -3.39. The van der Waals surface area contributed by atoms with E-state index in [9.17, 15) is 14.4 Å². The smallest absolute Gasteiger partial charge is 0.256 e. The van der Waals surface area contributed by atoms with Gasteiger partial charge in [-0.1, -0.05) is 20.8 Å². The maximum Gasteiger partial charge on any atom is 0.256 e. The number of aromatic amines is 1. The largest absolute Gasteiger partial charge is 0.358 e. The minimum Gasteiger partial charge on any atom is -0.358 e. The number of carbonyl (C=O) groups is 3. The number of carbonyl (C=O) groups excluding carboxylic acids is 3. The maximum atomic E-state index is 12.8. The molecule has 0 saturated heterocycles. The summed E-state index contributed by atoms with van der Waals surface area (Å²) >= 11 is 0. The second-order valence-electron chi connectivity index (χ2n) is 8.12. The summed E-state index contributed by atoms with van der Waals surface area (Å²) in [4.78, 5) is 42.8. The molecule has 2 heterocycles. The Labute approximate surface area is 194 Å². The van der Waals surface area contributed by atoms with E-state index < -0.39 is 0 Å². The monoisotopic (exact) mass is 451 g/mol. The lowest BCUT2D eigenvalue weighted by Crippen LogP contribution is -2.35. The summed E-state index contributed by atoms with van der Waals surface area (Å²) in [5, 5.41) is 8.69. The predicted octanol–water partition coefficient (Wildman–Crippen LogP) is 3.54. The number of hydrogen-bond acceptors (Lipinski definition) is 4. The standard InChI is InChI=1S/C25H33N5O3/c1-6-22(31)28-17-9-10-20-18(13-17)19(24(32)29-20)14-21-15(4)23(16(5)27-21)25(33)26-11-12-30(7-2)8-3/h9-10,13-14,27H,6-8,11-12H2,1-5H3,(H,26,33)(H,28,31)(H,29,32)/b19-14-. The van der Waals surface area contributed by atoms with Gasteiger partial charge in [-0.2, -0.15) is 0 Å². The van der Waals surface area contributed by atoms with Gasteiger partial charge in [0.25, 0.3) is 11.8 Å². The number of rotatable bonds is 9. The fraction of sp³-hybridized carbons (Fsp3) is 0.400. The van der Waals surface area contributed by atoms with E-state index in [1.807, 2.05) is 13.8 Å². The molecule has 3 rings (SSSR count). The number of hydrogen-bond donors (Lipinski definition) is 4. The van der Waals surface area contributed by atoms with Crippen LogP contribution in [-0.4, -0.2) is 53.8 Å². The van der Waals surface area contributed by atoms with E-state index in [1.165, 1.54) is 0 Å². The molecule has 0 saturated carbocycles. The molecule has 0 bridgehead atoms. The summed E-state index contributed by atoms with van der Waals surface area (Å²) in [5.41, 5.74) is 5.37. The molecule has 0 aliphatic carbocycles. The molecule has 0 spiro atoms. The van der Waals surface area contributed by atoms with Gasteiger partial charge >= 0.3 is 0 Å². The molecule has 0 radical (unpaired) electrons. The van der Waals surface area contributed by atoms with E-state index in [0.717, 1.165) is 30.9 Å². The van der Waals surface area contributed by atoms with Gasteiger partial charge in [-0.05, 0) is 56.8 Å². The first-order chi connectivity index (χ1) is 15.8. The van der Waals surface area contributed by atoms with Crippen molar-refractivity contribution in [2.24, 2.45) is 0 Å².